The van der Waals surface area contributed by atoms with E-state index in [1.54, 1.807) is 0 Å². The molecule has 2 rings (SSSR count). The molecule has 0 saturated carbocycles. The number of nitrogens with two attached hydrogens (primary N) is 1. The maximum atomic E-state index is 5.84. The van der Waals surface area contributed by atoms with Gasteiger partial charge < -0.3 is 10.5 Å². The molecule has 0 unspecified atom stereocenters. The molecule has 0 spiro atoms. The molecule has 2 N–H and O–H groups in total. The number of hydrogen-bond acceptors (Lipinski definition) is 2. The van der Waals surface area contributed by atoms with Crippen molar-refractivity contribution >= 4 is 5.69 Å². The highest BCUT2D eigenvalue weighted by Gasteiger charge is 2.00. The first kappa shape index (κ1) is 13.5. The largest absolute Gasteiger partial charge is 0.493 e. The molecular formula is C17H21NO. The molecule has 2 nitrogen and oxygen atoms in total. The summed E-state index contributed by atoms with van der Waals surface area (Å²) in [6.07, 6.45) is 2.03. The summed E-state index contributed by atoms with van der Waals surface area (Å²) in [5.74, 6) is 0.998. The van der Waals surface area contributed by atoms with Crippen LogP contribution in [0.5, 0.6) is 5.75 Å². The van der Waals surface area contributed by atoms with Crippen LogP contribution in [0.1, 0.15) is 23.1 Å². The summed E-state index contributed by atoms with van der Waals surface area (Å²) in [5.41, 5.74) is 10.2. The van der Waals surface area contributed by atoms with Crippen molar-refractivity contribution in [3.63, 3.8) is 0 Å². The van der Waals surface area contributed by atoms with Gasteiger partial charge in [0.1, 0.15) is 5.75 Å². The van der Waals surface area contributed by atoms with Crippen LogP contribution in [0.2, 0.25) is 0 Å². The zero-order valence-electron chi connectivity index (χ0n) is 11.6. The van der Waals surface area contributed by atoms with E-state index in [2.05, 4.69) is 44.2 Å². The molecule has 0 aliphatic rings. The lowest BCUT2D eigenvalue weighted by Crippen LogP contribution is -2.01. The fourth-order valence-corrected chi connectivity index (χ4v) is 2.01. The van der Waals surface area contributed by atoms with Crippen molar-refractivity contribution in [2.75, 3.05) is 12.3 Å². The summed E-state index contributed by atoms with van der Waals surface area (Å²) in [4.78, 5) is 0. The smallest absolute Gasteiger partial charge is 0.122 e. The Bertz CT molecular complexity index is 531. The number of nitrogen functional groups attached to an aromatic ring is 1. The van der Waals surface area contributed by atoms with Crippen molar-refractivity contribution in [2.24, 2.45) is 0 Å². The van der Waals surface area contributed by atoms with Crippen molar-refractivity contribution in [1.82, 2.24) is 0 Å². The summed E-state index contributed by atoms with van der Waals surface area (Å²) >= 11 is 0. The third kappa shape index (κ3) is 4.02. The highest BCUT2D eigenvalue weighted by Crippen LogP contribution is 2.19. The van der Waals surface area contributed by atoms with Crippen LogP contribution in [0.25, 0.3) is 0 Å². The highest BCUT2D eigenvalue weighted by atomic mass is 16.5. The van der Waals surface area contributed by atoms with Crippen LogP contribution in [0, 0.1) is 13.8 Å². The SMILES string of the molecule is Cc1ccc(C)c(OCCCc2ccc(N)cc2)c1. The maximum Gasteiger partial charge on any atom is 0.122 e. The minimum absolute atomic E-state index is 0.745. The first-order chi connectivity index (χ1) is 9.15. The van der Waals surface area contributed by atoms with Gasteiger partial charge in [0, 0.05) is 5.69 Å². The Balaban J connectivity index is 1.80. The lowest BCUT2D eigenvalue weighted by atomic mass is 10.1. The van der Waals surface area contributed by atoms with Gasteiger partial charge in [-0.25, -0.2) is 0 Å². The van der Waals surface area contributed by atoms with Crippen LogP contribution in [-0.2, 0) is 6.42 Å². The molecule has 0 saturated heterocycles. The Labute approximate surface area is 115 Å². The molecule has 100 valence electrons. The molecular weight excluding hydrogens is 234 g/mol. The first-order valence-corrected chi connectivity index (χ1v) is 6.69. The van der Waals surface area contributed by atoms with Crippen LogP contribution < -0.4 is 10.5 Å². The van der Waals surface area contributed by atoms with Crippen molar-refractivity contribution in [3.8, 4) is 5.75 Å². The van der Waals surface area contributed by atoms with Crippen LogP contribution in [-0.4, -0.2) is 6.61 Å². The van der Waals surface area contributed by atoms with E-state index in [1.165, 1.54) is 16.7 Å². The molecule has 0 aromatic heterocycles. The topological polar surface area (TPSA) is 35.2 Å². The van der Waals surface area contributed by atoms with Crippen LogP contribution in [0.3, 0.4) is 0 Å². The predicted molar refractivity (Wildman–Crippen MR) is 80.6 cm³/mol. The molecule has 0 aliphatic heterocycles. The molecule has 2 aromatic carbocycles. The van der Waals surface area contributed by atoms with Crippen LogP contribution >= 0.6 is 0 Å². The average molecular weight is 255 g/mol. The molecule has 0 aliphatic carbocycles. The summed E-state index contributed by atoms with van der Waals surface area (Å²) in [5, 5.41) is 0. The number of benzene rings is 2. The molecule has 0 fully saturated rings. The van der Waals surface area contributed by atoms with E-state index in [4.69, 9.17) is 10.5 Å². The van der Waals surface area contributed by atoms with Crippen molar-refractivity contribution in [3.05, 3.63) is 59.2 Å². The number of anilines is 1. The third-order valence-corrected chi connectivity index (χ3v) is 3.19. The molecule has 2 aromatic rings. The van der Waals surface area contributed by atoms with E-state index in [0.29, 0.717) is 0 Å². The van der Waals surface area contributed by atoms with Gasteiger partial charge >= 0.3 is 0 Å². The second-order valence-corrected chi connectivity index (χ2v) is 4.96. The Morgan fingerprint density at radius 1 is 1.00 bits per heavy atom. The van der Waals surface area contributed by atoms with Gasteiger partial charge in [-0.15, -0.1) is 0 Å². The summed E-state index contributed by atoms with van der Waals surface area (Å²) in [6, 6.07) is 14.3. The zero-order chi connectivity index (χ0) is 13.7. The number of ether oxygens (including phenoxy) is 1. The first-order valence-electron chi connectivity index (χ1n) is 6.69. The van der Waals surface area contributed by atoms with Gasteiger partial charge in [-0.3, -0.25) is 0 Å². The Hall–Kier alpha value is -1.96. The third-order valence-electron chi connectivity index (χ3n) is 3.19. The highest BCUT2D eigenvalue weighted by molar-refractivity contribution is 5.39. The molecule has 0 atom stereocenters. The second-order valence-electron chi connectivity index (χ2n) is 4.96. The number of hydrogen-bond donors (Lipinski definition) is 1. The molecule has 19 heavy (non-hydrogen) atoms. The van der Waals surface area contributed by atoms with Crippen LogP contribution in [0.15, 0.2) is 42.5 Å². The average Bonchev–Trinajstić information content (AvgIpc) is 2.40. The predicted octanol–water partition coefficient (Wildman–Crippen LogP) is 3.90. The fraction of sp³-hybridized carbons (Fsp3) is 0.294. The minimum Gasteiger partial charge on any atom is -0.493 e. The van der Waals surface area contributed by atoms with E-state index in [-0.39, 0.29) is 0 Å². The quantitative estimate of drug-likeness (QED) is 0.649. The lowest BCUT2D eigenvalue weighted by molar-refractivity contribution is 0.309. The minimum atomic E-state index is 0.745. The molecule has 0 bridgehead atoms. The Morgan fingerprint density at radius 3 is 2.47 bits per heavy atom. The normalized spacial score (nSPS) is 10.4. The standard InChI is InChI=1S/C17H21NO/c1-13-5-6-14(2)17(12-13)19-11-3-4-15-7-9-16(18)10-8-15/h5-10,12H,3-4,11,18H2,1-2H3. The van der Waals surface area contributed by atoms with Gasteiger partial charge in [0.05, 0.1) is 6.61 Å². The second kappa shape index (κ2) is 6.28. The van der Waals surface area contributed by atoms with E-state index < -0.39 is 0 Å². The maximum absolute atomic E-state index is 5.84. The summed E-state index contributed by atoms with van der Waals surface area (Å²) in [6.45, 7) is 4.91. The van der Waals surface area contributed by atoms with E-state index in [9.17, 15) is 0 Å². The number of rotatable bonds is 5. The van der Waals surface area contributed by atoms with Crippen molar-refractivity contribution in [2.45, 2.75) is 26.7 Å². The van der Waals surface area contributed by atoms with Gasteiger partial charge in [-0.2, -0.15) is 0 Å². The van der Waals surface area contributed by atoms with Gasteiger partial charge in [-0.05, 0) is 61.6 Å². The molecule has 0 radical (unpaired) electrons. The summed E-state index contributed by atoms with van der Waals surface area (Å²) in [7, 11) is 0. The lowest BCUT2D eigenvalue weighted by Gasteiger charge is -2.10. The van der Waals surface area contributed by atoms with Gasteiger partial charge in [-0.1, -0.05) is 24.3 Å². The monoisotopic (exact) mass is 255 g/mol. The number of aryl methyl sites for hydroxylation is 3. The molecule has 0 heterocycles. The Kier molecular flexibility index (Phi) is 4.45. The molecule has 2 heteroatoms. The molecule has 0 amide bonds. The van der Waals surface area contributed by atoms with E-state index in [1.807, 2.05) is 12.1 Å². The Morgan fingerprint density at radius 2 is 1.74 bits per heavy atom. The van der Waals surface area contributed by atoms with E-state index >= 15 is 0 Å². The van der Waals surface area contributed by atoms with Crippen LogP contribution in [0.4, 0.5) is 5.69 Å². The summed E-state index contributed by atoms with van der Waals surface area (Å²) < 4.78 is 5.84. The zero-order valence-corrected chi connectivity index (χ0v) is 11.6. The van der Waals surface area contributed by atoms with Crippen molar-refractivity contribution < 1.29 is 4.74 Å². The van der Waals surface area contributed by atoms with Gasteiger partial charge in [0.25, 0.3) is 0 Å². The van der Waals surface area contributed by atoms with E-state index in [0.717, 1.165) is 30.9 Å². The fourth-order valence-electron chi connectivity index (χ4n) is 2.01. The van der Waals surface area contributed by atoms with Gasteiger partial charge in [0.2, 0.25) is 0 Å². The van der Waals surface area contributed by atoms with Gasteiger partial charge in [0.15, 0.2) is 0 Å². The van der Waals surface area contributed by atoms with Crippen molar-refractivity contribution in [1.29, 1.82) is 0 Å².